The number of aromatic nitrogens is 7. The topological polar surface area (TPSA) is 94.7 Å². The van der Waals surface area contributed by atoms with E-state index in [9.17, 15) is 0 Å². The lowest BCUT2D eigenvalue weighted by atomic mass is 10.1. The van der Waals surface area contributed by atoms with Gasteiger partial charge in [-0.3, -0.25) is 4.68 Å². The molecule has 0 aromatic carbocycles. The van der Waals surface area contributed by atoms with Crippen LogP contribution in [0.2, 0.25) is 0 Å². The lowest BCUT2D eigenvalue weighted by Gasteiger charge is -2.36. The van der Waals surface area contributed by atoms with Gasteiger partial charge in [-0.2, -0.15) is 10.1 Å². The molecule has 0 bridgehead atoms. The molecule has 9 nitrogen and oxygen atoms in total. The first kappa shape index (κ1) is 20.6. The molecule has 6 rings (SSSR count). The van der Waals surface area contributed by atoms with E-state index in [0.717, 1.165) is 32.5 Å². The molecule has 0 unspecified atom stereocenters. The zero-order valence-corrected chi connectivity index (χ0v) is 20.0. The molecule has 170 valence electrons. The highest BCUT2D eigenvalue weighted by atomic mass is 32.1. The Bertz CT molecular complexity index is 1340. The summed E-state index contributed by atoms with van der Waals surface area (Å²) in [4.78, 5) is 27.0. The van der Waals surface area contributed by atoms with Crippen molar-refractivity contribution in [2.24, 2.45) is 0 Å². The molecule has 1 saturated heterocycles. The average Bonchev–Trinajstić information content (AvgIpc) is 3.35. The van der Waals surface area contributed by atoms with Crippen LogP contribution in [0, 0.1) is 20.8 Å². The van der Waals surface area contributed by atoms with Crippen LogP contribution in [0.4, 0.5) is 5.95 Å². The Balaban J connectivity index is 1.41. The molecule has 2 aliphatic rings. The predicted octanol–water partition coefficient (Wildman–Crippen LogP) is 3.97. The smallest absolute Gasteiger partial charge is 0.228 e. The fourth-order valence-electron chi connectivity index (χ4n) is 4.24. The summed E-state index contributed by atoms with van der Waals surface area (Å²) in [6.07, 6.45) is 8.29. The molecule has 5 heterocycles. The normalized spacial score (nSPS) is 21.2. The van der Waals surface area contributed by atoms with Gasteiger partial charge >= 0.3 is 0 Å². The molecule has 0 amide bonds. The van der Waals surface area contributed by atoms with Gasteiger partial charge in [0.25, 0.3) is 0 Å². The number of ether oxygens (including phenoxy) is 1. The molecule has 4 aromatic heterocycles. The van der Waals surface area contributed by atoms with Crippen LogP contribution in [0.25, 0.3) is 21.7 Å². The summed E-state index contributed by atoms with van der Waals surface area (Å²) in [5.74, 6) is 0.649. The van der Waals surface area contributed by atoms with Crippen LogP contribution in [0.3, 0.4) is 0 Å². The molecular weight excluding hydrogens is 436 g/mol. The quantitative estimate of drug-likeness (QED) is 0.450. The molecule has 1 aliphatic carbocycles. The summed E-state index contributed by atoms with van der Waals surface area (Å²) < 4.78 is 8.36. The second kappa shape index (κ2) is 7.81. The summed E-state index contributed by atoms with van der Waals surface area (Å²) in [7, 11) is 0. The van der Waals surface area contributed by atoms with Crippen LogP contribution in [0.15, 0.2) is 18.6 Å². The van der Waals surface area contributed by atoms with Gasteiger partial charge in [0.05, 0.1) is 46.2 Å². The summed E-state index contributed by atoms with van der Waals surface area (Å²) in [5.41, 5.74) is 4.97. The van der Waals surface area contributed by atoms with Crippen LogP contribution >= 0.6 is 11.3 Å². The highest BCUT2D eigenvalue weighted by Gasteiger charge is 2.31. The van der Waals surface area contributed by atoms with E-state index in [1.165, 1.54) is 12.8 Å². The maximum atomic E-state index is 6.29. The van der Waals surface area contributed by atoms with Crippen LogP contribution in [-0.4, -0.2) is 53.9 Å². The molecule has 2 atom stereocenters. The summed E-state index contributed by atoms with van der Waals surface area (Å²) >= 11 is 1.61. The molecular formula is C23H26N8OS. The van der Waals surface area contributed by atoms with Gasteiger partial charge in [-0.25, -0.2) is 19.9 Å². The third-order valence-electron chi connectivity index (χ3n) is 6.24. The number of aryl methyl sites for hydroxylation is 3. The number of anilines is 1. The van der Waals surface area contributed by atoms with E-state index in [2.05, 4.69) is 32.8 Å². The number of morpholine rings is 1. The Morgan fingerprint density at radius 1 is 1.00 bits per heavy atom. The van der Waals surface area contributed by atoms with Crippen molar-refractivity contribution in [3.05, 3.63) is 40.5 Å². The summed E-state index contributed by atoms with van der Waals surface area (Å²) in [6.45, 7) is 9.38. The fraction of sp³-hybridized carbons (Fsp3) is 0.478. The molecule has 10 heteroatoms. The number of rotatable bonds is 4. The lowest BCUT2D eigenvalue weighted by Crippen LogP contribution is -2.43. The van der Waals surface area contributed by atoms with Crippen LogP contribution in [0.5, 0.6) is 0 Å². The van der Waals surface area contributed by atoms with Gasteiger partial charge in [0.2, 0.25) is 5.95 Å². The van der Waals surface area contributed by atoms with Gasteiger partial charge in [0.15, 0.2) is 5.65 Å². The van der Waals surface area contributed by atoms with E-state index in [4.69, 9.17) is 24.7 Å². The van der Waals surface area contributed by atoms with Crippen LogP contribution in [0.1, 0.15) is 53.9 Å². The monoisotopic (exact) mass is 462 g/mol. The first-order valence-corrected chi connectivity index (χ1v) is 12.2. The highest BCUT2D eigenvalue weighted by Crippen LogP contribution is 2.36. The minimum Gasteiger partial charge on any atom is -0.367 e. The van der Waals surface area contributed by atoms with Crippen molar-refractivity contribution in [2.75, 3.05) is 18.0 Å². The van der Waals surface area contributed by atoms with E-state index < -0.39 is 0 Å². The molecule has 0 spiro atoms. The van der Waals surface area contributed by atoms with Crippen molar-refractivity contribution in [2.45, 2.75) is 58.8 Å². The maximum Gasteiger partial charge on any atom is 0.228 e. The Morgan fingerprint density at radius 3 is 2.58 bits per heavy atom. The summed E-state index contributed by atoms with van der Waals surface area (Å²) in [5, 5.41) is 5.54. The predicted molar refractivity (Wildman–Crippen MR) is 126 cm³/mol. The van der Waals surface area contributed by atoms with Crippen molar-refractivity contribution in [3.63, 3.8) is 0 Å². The molecule has 1 saturated carbocycles. The number of thiazole rings is 1. The molecule has 1 aliphatic heterocycles. The van der Waals surface area contributed by atoms with Crippen LogP contribution in [-0.2, 0) is 4.74 Å². The third-order valence-corrected chi connectivity index (χ3v) is 7.16. The first-order valence-electron chi connectivity index (χ1n) is 11.3. The Hall–Kier alpha value is -2.98. The molecule has 2 fully saturated rings. The molecule has 4 aromatic rings. The zero-order chi connectivity index (χ0) is 22.7. The first-order chi connectivity index (χ1) is 15.9. The minimum absolute atomic E-state index is 0.0345. The second-order valence-corrected chi connectivity index (χ2v) is 10.2. The minimum atomic E-state index is -0.0829. The maximum absolute atomic E-state index is 6.29. The Labute approximate surface area is 195 Å². The molecule has 0 N–H and O–H groups in total. The highest BCUT2D eigenvalue weighted by molar-refractivity contribution is 7.15. The summed E-state index contributed by atoms with van der Waals surface area (Å²) in [6, 6.07) is 0.551. The van der Waals surface area contributed by atoms with E-state index in [1.807, 2.05) is 33.2 Å². The van der Waals surface area contributed by atoms with Crippen LogP contribution < -0.4 is 4.90 Å². The van der Waals surface area contributed by atoms with E-state index >= 15 is 0 Å². The standard InChI is InChI=1S/C23H26N8OS/c1-12-9-30(11-18(32-12)16-7-25-31(10-16)17-5-6-17)23-28-20(19-8-24-15(4)33-19)21-22(29-23)27-14(3)13(2)26-21/h7-8,10,12,17-18H,5-6,9,11H2,1-4H3/t12-,18+/m0/s1. The van der Waals surface area contributed by atoms with Crippen molar-refractivity contribution in [1.29, 1.82) is 0 Å². The van der Waals surface area contributed by atoms with Crippen molar-refractivity contribution >= 4 is 28.4 Å². The number of hydrogen-bond donors (Lipinski definition) is 0. The SMILES string of the molecule is Cc1ncc(-c2nc(N3C[C@H](C)O[C@@H](c4cnn(C5CC5)c4)C3)nc3nc(C)c(C)nc23)s1. The van der Waals surface area contributed by atoms with Gasteiger partial charge in [0, 0.05) is 24.5 Å². The second-order valence-electron chi connectivity index (χ2n) is 9.01. The largest absolute Gasteiger partial charge is 0.367 e. The van der Waals surface area contributed by atoms with Gasteiger partial charge < -0.3 is 9.64 Å². The van der Waals surface area contributed by atoms with Gasteiger partial charge in [-0.05, 0) is 40.5 Å². The van der Waals surface area contributed by atoms with E-state index in [-0.39, 0.29) is 12.2 Å². The zero-order valence-electron chi connectivity index (χ0n) is 19.2. The fourth-order valence-corrected chi connectivity index (χ4v) is 5.01. The van der Waals surface area contributed by atoms with Crippen molar-refractivity contribution in [1.82, 2.24) is 34.7 Å². The van der Waals surface area contributed by atoms with E-state index in [1.54, 1.807) is 11.3 Å². The van der Waals surface area contributed by atoms with Gasteiger partial charge in [-0.1, -0.05) is 0 Å². The number of nitrogens with zero attached hydrogens (tertiary/aromatic N) is 8. The lowest BCUT2D eigenvalue weighted by molar-refractivity contribution is -0.0178. The van der Waals surface area contributed by atoms with E-state index in [0.29, 0.717) is 36.2 Å². The average molecular weight is 463 g/mol. The van der Waals surface area contributed by atoms with Gasteiger partial charge in [-0.15, -0.1) is 11.3 Å². The van der Waals surface area contributed by atoms with Crippen molar-refractivity contribution in [3.8, 4) is 10.6 Å². The van der Waals surface area contributed by atoms with Crippen molar-refractivity contribution < 1.29 is 4.74 Å². The Kier molecular flexibility index (Phi) is 4.88. The molecule has 33 heavy (non-hydrogen) atoms. The molecule has 0 radical (unpaired) electrons. The van der Waals surface area contributed by atoms with Gasteiger partial charge in [0.1, 0.15) is 17.3 Å². The third kappa shape index (κ3) is 3.87. The number of hydrogen-bond acceptors (Lipinski definition) is 9. The number of fused-ring (bicyclic) bond motifs is 1. The Morgan fingerprint density at radius 2 is 1.82 bits per heavy atom.